The quantitative estimate of drug-likeness (QED) is 0.290. The van der Waals surface area contributed by atoms with Crippen molar-refractivity contribution < 1.29 is 17.7 Å². The largest absolute Gasteiger partial charge is 0.366 e. The van der Waals surface area contributed by atoms with Crippen LogP contribution in [0.15, 0.2) is 35.1 Å². The molecule has 202 valence electrons. The van der Waals surface area contributed by atoms with E-state index in [9.17, 15) is 8.42 Å². The van der Waals surface area contributed by atoms with E-state index in [0.717, 1.165) is 11.3 Å². The summed E-state index contributed by atoms with van der Waals surface area (Å²) in [7, 11) is -3.84. The van der Waals surface area contributed by atoms with Crippen LogP contribution in [0, 0.1) is 20.8 Å². The standard InChI is InChI=1S/C25H32N8O4S/c1-14(2)36-22(23-26-11-15(3)12-27-23)18(6)38(34,35)13-21-30-31-24(20-10-8-9-16(4)28-20)33(21)17(5)25-29-19(7)32-37-25/h8-12,14,17-18,22H,13H2,1-7H3/t17-,18-,22+/m0/s1. The molecule has 0 radical (unpaired) electrons. The van der Waals surface area contributed by atoms with Gasteiger partial charge in [0.05, 0.1) is 11.4 Å². The lowest BCUT2D eigenvalue weighted by molar-refractivity contribution is 0.00140. The molecule has 38 heavy (non-hydrogen) atoms. The molecular weight excluding hydrogens is 508 g/mol. The minimum absolute atomic E-state index is 0.214. The van der Waals surface area contributed by atoms with Gasteiger partial charge >= 0.3 is 0 Å². The molecule has 0 aliphatic carbocycles. The van der Waals surface area contributed by atoms with Gasteiger partial charge in [-0.2, -0.15) is 4.98 Å². The first-order valence-corrected chi connectivity index (χ1v) is 14.0. The highest BCUT2D eigenvalue weighted by atomic mass is 32.2. The average molecular weight is 541 g/mol. The lowest BCUT2D eigenvalue weighted by atomic mass is 10.2. The van der Waals surface area contributed by atoms with Gasteiger partial charge in [0, 0.05) is 18.1 Å². The van der Waals surface area contributed by atoms with E-state index in [2.05, 4.69) is 35.3 Å². The Morgan fingerprint density at radius 2 is 1.71 bits per heavy atom. The molecule has 0 aliphatic rings. The van der Waals surface area contributed by atoms with E-state index in [1.54, 1.807) is 36.9 Å². The van der Waals surface area contributed by atoms with Gasteiger partial charge in [0.15, 0.2) is 27.3 Å². The molecule has 0 saturated heterocycles. The summed E-state index contributed by atoms with van der Waals surface area (Å²) in [5, 5.41) is 11.5. The number of aryl methyl sites for hydroxylation is 3. The fraction of sp³-hybridized carbons (Fsp3) is 0.480. The number of aromatic nitrogens is 8. The molecule has 4 heterocycles. The van der Waals surface area contributed by atoms with Crippen LogP contribution in [-0.2, 0) is 20.3 Å². The molecule has 0 bridgehead atoms. The molecule has 0 amide bonds. The van der Waals surface area contributed by atoms with Gasteiger partial charge in [0.25, 0.3) is 0 Å². The van der Waals surface area contributed by atoms with Crippen molar-refractivity contribution in [2.75, 3.05) is 0 Å². The summed E-state index contributed by atoms with van der Waals surface area (Å²) in [5.74, 6) is 1.27. The van der Waals surface area contributed by atoms with Gasteiger partial charge in [0.2, 0.25) is 5.89 Å². The SMILES string of the molecule is Cc1cnc([C@H](OC(C)C)[C@H](C)S(=O)(=O)Cc2nnc(-c3cccc(C)n3)n2[C@@H](C)c2nc(C)no2)nc1. The molecule has 13 heteroatoms. The van der Waals surface area contributed by atoms with E-state index in [-0.39, 0.29) is 11.9 Å². The van der Waals surface area contributed by atoms with Gasteiger partial charge in [-0.05, 0) is 66.2 Å². The zero-order valence-electron chi connectivity index (χ0n) is 22.5. The van der Waals surface area contributed by atoms with Gasteiger partial charge in [-0.15, -0.1) is 10.2 Å². The Kier molecular flexibility index (Phi) is 7.97. The molecular formula is C25H32N8O4S. The van der Waals surface area contributed by atoms with E-state index in [1.807, 2.05) is 46.8 Å². The Labute approximate surface area is 221 Å². The van der Waals surface area contributed by atoms with Gasteiger partial charge in [-0.25, -0.2) is 23.4 Å². The Hall–Kier alpha value is -3.58. The third-order valence-electron chi connectivity index (χ3n) is 5.97. The number of nitrogens with zero attached hydrogens (tertiary/aromatic N) is 8. The summed E-state index contributed by atoms with van der Waals surface area (Å²) < 4.78 is 40.7. The van der Waals surface area contributed by atoms with Gasteiger partial charge in [-0.3, -0.25) is 4.57 Å². The number of sulfone groups is 1. The number of rotatable bonds is 10. The molecule has 0 aliphatic heterocycles. The maximum atomic E-state index is 13.8. The molecule has 4 aromatic rings. The maximum absolute atomic E-state index is 13.8. The van der Waals surface area contributed by atoms with E-state index in [4.69, 9.17) is 9.26 Å². The van der Waals surface area contributed by atoms with Crippen molar-refractivity contribution >= 4 is 9.84 Å². The van der Waals surface area contributed by atoms with E-state index < -0.39 is 33.0 Å². The summed E-state index contributed by atoms with van der Waals surface area (Å²) in [4.78, 5) is 17.6. The second-order valence-electron chi connectivity index (χ2n) is 9.57. The van der Waals surface area contributed by atoms with Crippen molar-refractivity contribution in [1.82, 2.24) is 39.9 Å². The second kappa shape index (κ2) is 11.0. The zero-order valence-corrected chi connectivity index (χ0v) is 23.3. The van der Waals surface area contributed by atoms with Crippen LogP contribution in [0.5, 0.6) is 0 Å². The van der Waals surface area contributed by atoms with Crippen LogP contribution in [0.2, 0.25) is 0 Å². The van der Waals surface area contributed by atoms with Crippen molar-refractivity contribution in [2.24, 2.45) is 0 Å². The first kappa shape index (κ1) is 27.5. The topological polar surface area (TPSA) is 152 Å². The average Bonchev–Trinajstić information content (AvgIpc) is 3.48. The van der Waals surface area contributed by atoms with Crippen molar-refractivity contribution in [2.45, 2.75) is 77.7 Å². The van der Waals surface area contributed by atoms with Crippen molar-refractivity contribution in [1.29, 1.82) is 0 Å². The number of hydrogen-bond donors (Lipinski definition) is 0. The monoisotopic (exact) mass is 540 g/mol. The van der Waals surface area contributed by atoms with Crippen LogP contribution < -0.4 is 0 Å². The molecule has 0 aromatic carbocycles. The van der Waals surface area contributed by atoms with Crippen molar-refractivity contribution in [3.63, 3.8) is 0 Å². The van der Waals surface area contributed by atoms with E-state index >= 15 is 0 Å². The fourth-order valence-corrected chi connectivity index (χ4v) is 5.37. The minimum atomic E-state index is -3.84. The van der Waals surface area contributed by atoms with Crippen LogP contribution in [0.3, 0.4) is 0 Å². The number of ether oxygens (including phenoxy) is 1. The first-order chi connectivity index (χ1) is 18.0. The Morgan fingerprint density at radius 1 is 1.00 bits per heavy atom. The Bertz CT molecular complexity index is 1500. The highest BCUT2D eigenvalue weighted by molar-refractivity contribution is 7.91. The highest BCUT2D eigenvalue weighted by Gasteiger charge is 2.36. The van der Waals surface area contributed by atoms with Crippen molar-refractivity contribution in [3.05, 3.63) is 65.2 Å². The lowest BCUT2D eigenvalue weighted by Crippen LogP contribution is -2.32. The second-order valence-corrected chi connectivity index (χ2v) is 11.9. The molecule has 0 N–H and O–H groups in total. The molecule has 0 spiro atoms. The third kappa shape index (κ3) is 5.94. The van der Waals surface area contributed by atoms with Gasteiger partial charge < -0.3 is 9.26 Å². The molecule has 3 atom stereocenters. The molecule has 12 nitrogen and oxygen atoms in total. The third-order valence-corrected chi connectivity index (χ3v) is 8.01. The van der Waals surface area contributed by atoms with Gasteiger partial charge in [-0.1, -0.05) is 11.2 Å². The normalized spacial score (nSPS) is 14.5. The molecule has 0 unspecified atom stereocenters. The molecule has 0 saturated carbocycles. The summed E-state index contributed by atoms with van der Waals surface area (Å²) in [5.41, 5.74) is 2.20. The summed E-state index contributed by atoms with van der Waals surface area (Å²) in [6, 6.07) is 4.96. The molecule has 0 fully saturated rings. The predicted octanol–water partition coefficient (Wildman–Crippen LogP) is 3.52. The van der Waals surface area contributed by atoms with Crippen LogP contribution in [0.25, 0.3) is 11.5 Å². The van der Waals surface area contributed by atoms with Crippen LogP contribution >= 0.6 is 0 Å². The maximum Gasteiger partial charge on any atom is 0.249 e. The van der Waals surface area contributed by atoms with Crippen LogP contribution in [0.1, 0.15) is 74.5 Å². The zero-order chi connectivity index (χ0) is 27.6. The van der Waals surface area contributed by atoms with Crippen LogP contribution in [0.4, 0.5) is 0 Å². The highest BCUT2D eigenvalue weighted by Crippen LogP contribution is 2.30. The fourth-order valence-electron chi connectivity index (χ4n) is 3.99. The Balaban J connectivity index is 1.75. The van der Waals surface area contributed by atoms with Gasteiger partial charge in [0.1, 0.15) is 29.4 Å². The smallest absolute Gasteiger partial charge is 0.249 e. The number of hydrogen-bond acceptors (Lipinski definition) is 11. The van der Waals surface area contributed by atoms with Crippen molar-refractivity contribution in [3.8, 4) is 11.5 Å². The summed E-state index contributed by atoms with van der Waals surface area (Å²) in [6.45, 7) is 12.5. The molecule has 4 rings (SSSR count). The predicted molar refractivity (Wildman–Crippen MR) is 139 cm³/mol. The summed E-state index contributed by atoms with van der Waals surface area (Å²) >= 11 is 0. The van der Waals surface area contributed by atoms with E-state index in [0.29, 0.717) is 29.1 Å². The molecule has 4 aromatic heterocycles. The first-order valence-electron chi connectivity index (χ1n) is 12.3. The summed E-state index contributed by atoms with van der Waals surface area (Å²) in [6.07, 6.45) is 2.17. The van der Waals surface area contributed by atoms with E-state index in [1.165, 1.54) is 0 Å². The minimum Gasteiger partial charge on any atom is -0.366 e. The Morgan fingerprint density at radius 3 is 2.32 bits per heavy atom. The number of pyridine rings is 1. The lowest BCUT2D eigenvalue weighted by Gasteiger charge is -2.25. The van der Waals surface area contributed by atoms with Crippen LogP contribution in [-0.4, -0.2) is 59.6 Å².